The zero-order valence-corrected chi connectivity index (χ0v) is 14.8. The predicted octanol–water partition coefficient (Wildman–Crippen LogP) is 1.17. The monoisotopic (exact) mass is 379 g/mol. The van der Waals surface area contributed by atoms with E-state index in [0.717, 1.165) is 0 Å². The Labute approximate surface area is 153 Å². The number of β-amino-alcohol motifs (C(OH)–C–C–N with tert-alkyl or cyclic N) is 1. The fraction of sp³-hybridized carbons (Fsp3) is 0.438. The molecule has 9 nitrogen and oxygen atoms in total. The lowest BCUT2D eigenvalue weighted by Gasteiger charge is -2.21. The van der Waals surface area contributed by atoms with Gasteiger partial charge in [0.1, 0.15) is 6.04 Å². The number of esters is 1. The van der Waals surface area contributed by atoms with Gasteiger partial charge in [0.25, 0.3) is 4.84 Å². The van der Waals surface area contributed by atoms with Gasteiger partial charge in [-0.1, -0.05) is 0 Å². The van der Waals surface area contributed by atoms with Crippen LogP contribution in [0.3, 0.4) is 0 Å². The number of fused-ring (bicyclic) bond motifs is 1. The highest BCUT2D eigenvalue weighted by Gasteiger charge is 2.37. The number of benzene rings is 1. The second kappa shape index (κ2) is 6.71. The number of likely N-dealkylation sites (tertiary alicyclic amines) is 1. The number of rotatable bonds is 4. The van der Waals surface area contributed by atoms with Crippen molar-refractivity contribution in [2.24, 2.45) is 0 Å². The molecule has 3 heterocycles. The minimum absolute atomic E-state index is 0.169. The molecule has 2 aromatic rings. The summed E-state index contributed by atoms with van der Waals surface area (Å²) in [6.07, 6.45) is -0.291. The summed E-state index contributed by atoms with van der Waals surface area (Å²) in [6.45, 7) is 0.723. The van der Waals surface area contributed by atoms with Crippen molar-refractivity contribution in [2.45, 2.75) is 25.2 Å². The molecule has 26 heavy (non-hydrogen) atoms. The van der Waals surface area contributed by atoms with Crippen molar-refractivity contribution in [1.29, 1.82) is 0 Å². The number of aliphatic hydroxyl groups excluding tert-OH is 1. The molecule has 0 radical (unpaired) electrons. The van der Waals surface area contributed by atoms with Gasteiger partial charge in [-0.25, -0.2) is 4.68 Å². The fourth-order valence-corrected chi connectivity index (χ4v) is 3.31. The first-order chi connectivity index (χ1) is 12.5. The second-order valence-electron chi connectivity index (χ2n) is 6.08. The summed E-state index contributed by atoms with van der Waals surface area (Å²) in [7, 11) is 1.32. The van der Waals surface area contributed by atoms with Crippen molar-refractivity contribution in [1.82, 2.24) is 14.7 Å². The normalized spacial score (nSPS) is 21.9. The van der Waals surface area contributed by atoms with E-state index in [9.17, 15) is 9.90 Å². The van der Waals surface area contributed by atoms with Crippen LogP contribution in [0.2, 0.25) is 0 Å². The van der Waals surface area contributed by atoms with Crippen LogP contribution < -0.4 is 9.47 Å². The number of aromatic nitrogens is 2. The van der Waals surface area contributed by atoms with E-state index >= 15 is 0 Å². The topological polar surface area (TPSA) is 99.2 Å². The van der Waals surface area contributed by atoms with Gasteiger partial charge in [-0.3, -0.25) is 9.69 Å². The van der Waals surface area contributed by atoms with Crippen molar-refractivity contribution in [3.05, 3.63) is 23.0 Å². The quantitative estimate of drug-likeness (QED) is 0.620. The summed E-state index contributed by atoms with van der Waals surface area (Å²) < 4.78 is 22.5. The zero-order valence-electron chi connectivity index (χ0n) is 14.0. The van der Waals surface area contributed by atoms with E-state index in [0.29, 0.717) is 35.9 Å². The summed E-state index contributed by atoms with van der Waals surface area (Å²) in [5.74, 6) is 1.22. The Kier molecular flexibility index (Phi) is 4.39. The molecule has 1 saturated heterocycles. The number of aliphatic hydroxyl groups is 1. The third-order valence-electron chi connectivity index (χ3n) is 4.40. The molecule has 1 fully saturated rings. The van der Waals surface area contributed by atoms with E-state index in [1.54, 1.807) is 23.1 Å². The summed E-state index contributed by atoms with van der Waals surface area (Å²) in [6, 6.07) is 4.81. The van der Waals surface area contributed by atoms with Gasteiger partial charge in [-0.2, -0.15) is 0 Å². The Bertz CT molecular complexity index is 894. The molecule has 0 amide bonds. The van der Waals surface area contributed by atoms with Gasteiger partial charge in [0.05, 0.1) is 19.9 Å². The highest BCUT2D eigenvalue weighted by molar-refractivity contribution is 7.71. The SMILES string of the molecule is COC(=O)[C@@H]1C[C@@H](O)CN1Cn1nc(-c2ccc3c(c2)OCO3)oc1=S. The molecule has 138 valence electrons. The van der Waals surface area contributed by atoms with Crippen LogP contribution in [0.5, 0.6) is 11.5 Å². The molecule has 0 aliphatic carbocycles. The molecule has 1 aromatic carbocycles. The molecular weight excluding hydrogens is 362 g/mol. The number of carbonyl (C=O) groups excluding carboxylic acids is 1. The number of hydrogen-bond donors (Lipinski definition) is 1. The summed E-state index contributed by atoms with van der Waals surface area (Å²) in [4.78, 5) is 13.8. The maximum atomic E-state index is 11.9. The van der Waals surface area contributed by atoms with Gasteiger partial charge in [0, 0.05) is 18.5 Å². The predicted molar refractivity (Wildman–Crippen MR) is 90.0 cm³/mol. The van der Waals surface area contributed by atoms with Crippen molar-refractivity contribution in [3.63, 3.8) is 0 Å². The lowest BCUT2D eigenvalue weighted by atomic mass is 10.2. The molecule has 1 N–H and O–H groups in total. The molecular formula is C16H17N3O6S. The average Bonchev–Trinajstić information content (AvgIpc) is 3.33. The second-order valence-corrected chi connectivity index (χ2v) is 6.43. The van der Waals surface area contributed by atoms with Crippen LogP contribution in [0.4, 0.5) is 0 Å². The molecule has 0 bridgehead atoms. The highest BCUT2D eigenvalue weighted by Crippen LogP contribution is 2.35. The number of carbonyl (C=O) groups is 1. The Balaban J connectivity index is 1.57. The lowest BCUT2D eigenvalue weighted by Crippen LogP contribution is -2.38. The number of nitrogens with zero attached hydrogens (tertiary/aromatic N) is 3. The molecule has 0 saturated carbocycles. The molecule has 2 aliphatic rings. The van der Waals surface area contributed by atoms with Crippen LogP contribution in [0.25, 0.3) is 11.5 Å². The van der Waals surface area contributed by atoms with E-state index in [4.69, 9.17) is 30.8 Å². The van der Waals surface area contributed by atoms with Crippen LogP contribution >= 0.6 is 12.2 Å². The lowest BCUT2D eigenvalue weighted by molar-refractivity contribution is -0.146. The van der Waals surface area contributed by atoms with Gasteiger partial charge in [-0.05, 0) is 30.4 Å². The fourth-order valence-electron chi connectivity index (χ4n) is 3.13. The molecule has 2 aliphatic heterocycles. The average molecular weight is 379 g/mol. The van der Waals surface area contributed by atoms with Crippen LogP contribution in [-0.4, -0.2) is 58.3 Å². The van der Waals surface area contributed by atoms with Crippen molar-refractivity contribution >= 4 is 18.2 Å². The minimum Gasteiger partial charge on any atom is -0.468 e. The standard InChI is InChI=1S/C16H17N3O6S/c1-22-15(21)11-5-10(20)6-18(11)7-19-16(26)25-14(17-19)9-2-3-12-13(4-9)24-8-23-12/h2-4,10-11,20H,5-8H2,1H3/t10-,11+/m1/s1. The molecule has 2 atom stereocenters. The molecule has 0 unspecified atom stereocenters. The van der Waals surface area contributed by atoms with Crippen LogP contribution in [0.1, 0.15) is 6.42 Å². The minimum atomic E-state index is -0.603. The Morgan fingerprint density at radius 3 is 3.04 bits per heavy atom. The van der Waals surface area contributed by atoms with Gasteiger partial charge in [0.15, 0.2) is 11.5 Å². The number of ether oxygens (including phenoxy) is 3. The number of hydrogen-bond acceptors (Lipinski definition) is 9. The van der Waals surface area contributed by atoms with Crippen molar-refractivity contribution in [3.8, 4) is 23.0 Å². The molecule has 10 heteroatoms. The maximum absolute atomic E-state index is 11.9. The van der Waals surface area contributed by atoms with Gasteiger partial charge in [0.2, 0.25) is 12.7 Å². The van der Waals surface area contributed by atoms with E-state index in [1.165, 1.54) is 11.8 Å². The summed E-state index contributed by atoms with van der Waals surface area (Å²) >= 11 is 5.24. The van der Waals surface area contributed by atoms with E-state index in [1.807, 2.05) is 0 Å². The van der Waals surface area contributed by atoms with Crippen molar-refractivity contribution < 1.29 is 28.5 Å². The van der Waals surface area contributed by atoms with Gasteiger partial charge >= 0.3 is 5.97 Å². The largest absolute Gasteiger partial charge is 0.468 e. The van der Waals surface area contributed by atoms with Crippen molar-refractivity contribution in [2.75, 3.05) is 20.4 Å². The van der Waals surface area contributed by atoms with E-state index < -0.39 is 18.1 Å². The van der Waals surface area contributed by atoms with E-state index in [2.05, 4.69) is 5.10 Å². The molecule has 4 rings (SSSR count). The Hall–Kier alpha value is -2.43. The van der Waals surface area contributed by atoms with Crippen LogP contribution in [-0.2, 0) is 16.2 Å². The van der Waals surface area contributed by atoms with Gasteiger partial charge < -0.3 is 23.7 Å². The summed E-state index contributed by atoms with van der Waals surface area (Å²) in [5.41, 5.74) is 0.699. The maximum Gasteiger partial charge on any atom is 0.323 e. The highest BCUT2D eigenvalue weighted by atomic mass is 32.1. The van der Waals surface area contributed by atoms with Crippen LogP contribution in [0, 0.1) is 4.84 Å². The molecule has 1 aromatic heterocycles. The summed E-state index contributed by atoms with van der Waals surface area (Å²) in [5, 5.41) is 14.3. The third-order valence-corrected chi connectivity index (χ3v) is 4.69. The van der Waals surface area contributed by atoms with Crippen LogP contribution in [0.15, 0.2) is 22.6 Å². The first kappa shape index (κ1) is 17.0. The van der Waals surface area contributed by atoms with E-state index in [-0.39, 0.29) is 18.3 Å². The van der Waals surface area contributed by atoms with Gasteiger partial charge in [-0.15, -0.1) is 5.10 Å². The first-order valence-corrected chi connectivity index (χ1v) is 8.44. The smallest absolute Gasteiger partial charge is 0.323 e. The third kappa shape index (κ3) is 3.06. The number of methoxy groups -OCH3 is 1. The zero-order chi connectivity index (χ0) is 18.3. The Morgan fingerprint density at radius 1 is 1.42 bits per heavy atom. The first-order valence-electron chi connectivity index (χ1n) is 8.03. The molecule has 0 spiro atoms. The Morgan fingerprint density at radius 2 is 2.23 bits per heavy atom.